The first kappa shape index (κ1) is 23.0. The van der Waals surface area contributed by atoms with Gasteiger partial charge in [-0.3, -0.25) is 4.79 Å². The highest BCUT2D eigenvalue weighted by Gasteiger charge is 2.22. The van der Waals surface area contributed by atoms with Crippen molar-refractivity contribution in [2.45, 2.75) is 51.6 Å². The minimum Gasteiger partial charge on any atom is -0.375 e. The van der Waals surface area contributed by atoms with E-state index in [1.54, 1.807) is 0 Å². The zero-order valence-corrected chi connectivity index (χ0v) is 16.5. The minimum absolute atomic E-state index is 0. The lowest BCUT2D eigenvalue weighted by Crippen LogP contribution is -2.51. The first-order valence-corrected chi connectivity index (χ1v) is 8.47. The van der Waals surface area contributed by atoms with Crippen molar-refractivity contribution in [3.05, 3.63) is 29.8 Å². The van der Waals surface area contributed by atoms with E-state index in [-0.39, 0.29) is 36.8 Å². The van der Waals surface area contributed by atoms with Gasteiger partial charge in [-0.05, 0) is 57.0 Å². The van der Waals surface area contributed by atoms with Gasteiger partial charge in [0.1, 0.15) is 0 Å². The highest BCUT2D eigenvalue weighted by molar-refractivity contribution is 5.94. The van der Waals surface area contributed by atoms with Crippen molar-refractivity contribution < 1.29 is 4.79 Å². The molecule has 1 aliphatic heterocycles. The largest absolute Gasteiger partial charge is 0.375 e. The van der Waals surface area contributed by atoms with Crippen LogP contribution < -0.4 is 15.5 Å². The van der Waals surface area contributed by atoms with Crippen LogP contribution >= 0.6 is 24.8 Å². The normalized spacial score (nSPS) is 19.6. The number of halogens is 2. The van der Waals surface area contributed by atoms with Crippen molar-refractivity contribution >= 4 is 36.4 Å². The number of rotatable bonds is 6. The van der Waals surface area contributed by atoms with Crippen LogP contribution in [0.2, 0.25) is 0 Å². The molecule has 0 saturated carbocycles. The molecular formula is C18H31Cl2N3O. The van der Waals surface area contributed by atoms with E-state index in [2.05, 4.69) is 36.4 Å². The van der Waals surface area contributed by atoms with Crippen molar-refractivity contribution in [1.82, 2.24) is 10.6 Å². The molecule has 2 N–H and O–H groups in total. The minimum atomic E-state index is 0. The average Bonchev–Trinajstić information content (AvgIpc) is 2.55. The zero-order chi connectivity index (χ0) is 15.9. The standard InChI is InChI=1S/C18H29N3O.2ClH/c1-4-5-13-21(3)16-10-8-15(9-11-16)18(22)20-17-7-6-12-19-14(17)2;;/h8-11,14,17,19H,4-7,12-13H2,1-3H3,(H,20,22);2*1H. The quantitative estimate of drug-likeness (QED) is 0.797. The lowest BCUT2D eigenvalue weighted by molar-refractivity contribution is 0.0920. The van der Waals surface area contributed by atoms with Crippen LogP contribution in [0.3, 0.4) is 0 Å². The molecule has 138 valence electrons. The molecule has 0 radical (unpaired) electrons. The highest BCUT2D eigenvalue weighted by atomic mass is 35.5. The van der Waals surface area contributed by atoms with Crippen LogP contribution in [-0.4, -0.2) is 38.1 Å². The Morgan fingerprint density at radius 3 is 2.54 bits per heavy atom. The number of nitrogens with one attached hydrogen (secondary N) is 2. The van der Waals surface area contributed by atoms with Gasteiger partial charge in [-0.25, -0.2) is 0 Å². The fourth-order valence-electron chi connectivity index (χ4n) is 2.88. The van der Waals surface area contributed by atoms with Gasteiger partial charge in [0.05, 0.1) is 0 Å². The number of anilines is 1. The van der Waals surface area contributed by atoms with E-state index < -0.39 is 0 Å². The number of nitrogens with zero attached hydrogens (tertiary/aromatic N) is 1. The van der Waals surface area contributed by atoms with Gasteiger partial charge < -0.3 is 15.5 Å². The molecule has 1 fully saturated rings. The number of piperidine rings is 1. The van der Waals surface area contributed by atoms with Crippen molar-refractivity contribution in [3.8, 4) is 0 Å². The van der Waals surface area contributed by atoms with Gasteiger partial charge in [-0.2, -0.15) is 0 Å². The Bertz CT molecular complexity index is 482. The SMILES string of the molecule is CCCCN(C)c1ccc(C(=O)NC2CCCNC2C)cc1.Cl.Cl. The lowest BCUT2D eigenvalue weighted by Gasteiger charge is -2.30. The second kappa shape index (κ2) is 11.6. The first-order chi connectivity index (χ1) is 10.6. The molecule has 1 aromatic carbocycles. The summed E-state index contributed by atoms with van der Waals surface area (Å²) in [5.41, 5.74) is 1.91. The molecule has 4 nitrogen and oxygen atoms in total. The van der Waals surface area contributed by atoms with Gasteiger partial charge in [0.15, 0.2) is 0 Å². The third kappa shape index (κ3) is 6.50. The molecule has 1 amide bonds. The number of amides is 1. The molecule has 2 unspecified atom stereocenters. The molecule has 1 heterocycles. The van der Waals surface area contributed by atoms with Crippen LogP contribution in [0.25, 0.3) is 0 Å². The molecule has 0 bridgehead atoms. The van der Waals surface area contributed by atoms with Crippen LogP contribution in [0, 0.1) is 0 Å². The van der Waals surface area contributed by atoms with Gasteiger partial charge in [-0.15, -0.1) is 24.8 Å². The third-order valence-corrected chi connectivity index (χ3v) is 4.50. The number of carbonyl (C=O) groups is 1. The van der Waals surface area contributed by atoms with Crippen LogP contribution in [0.4, 0.5) is 5.69 Å². The van der Waals surface area contributed by atoms with Gasteiger partial charge in [-0.1, -0.05) is 13.3 Å². The molecule has 1 aliphatic rings. The molecule has 24 heavy (non-hydrogen) atoms. The maximum absolute atomic E-state index is 12.4. The van der Waals surface area contributed by atoms with Crippen molar-refractivity contribution in [2.75, 3.05) is 25.0 Å². The Morgan fingerprint density at radius 2 is 1.96 bits per heavy atom. The third-order valence-electron chi connectivity index (χ3n) is 4.50. The summed E-state index contributed by atoms with van der Waals surface area (Å²) in [5, 5.41) is 6.56. The molecule has 1 aromatic rings. The molecule has 1 saturated heterocycles. The Hall–Kier alpha value is -0.970. The number of benzene rings is 1. The van der Waals surface area contributed by atoms with E-state index in [0.29, 0.717) is 6.04 Å². The van der Waals surface area contributed by atoms with E-state index in [4.69, 9.17) is 0 Å². The molecule has 6 heteroatoms. The molecule has 0 aromatic heterocycles. The molecule has 2 atom stereocenters. The first-order valence-electron chi connectivity index (χ1n) is 8.47. The number of unbranched alkanes of at least 4 members (excludes halogenated alkanes) is 1. The molecule has 0 spiro atoms. The Balaban J connectivity index is 0.00000264. The second-order valence-electron chi connectivity index (χ2n) is 6.29. The summed E-state index contributed by atoms with van der Waals surface area (Å²) in [6.07, 6.45) is 4.55. The summed E-state index contributed by atoms with van der Waals surface area (Å²) < 4.78 is 0. The van der Waals surface area contributed by atoms with Gasteiger partial charge in [0, 0.05) is 36.9 Å². The van der Waals surface area contributed by atoms with Crippen LogP contribution in [-0.2, 0) is 0 Å². The molecule has 0 aliphatic carbocycles. The Kier molecular flexibility index (Phi) is 11.1. The van der Waals surface area contributed by atoms with Gasteiger partial charge in [0.25, 0.3) is 5.91 Å². The van der Waals surface area contributed by atoms with Crippen LogP contribution in [0.15, 0.2) is 24.3 Å². The van der Waals surface area contributed by atoms with E-state index in [0.717, 1.165) is 37.2 Å². The maximum atomic E-state index is 12.4. The van der Waals surface area contributed by atoms with E-state index in [1.165, 1.54) is 12.8 Å². The predicted octanol–water partition coefficient (Wildman–Crippen LogP) is 3.64. The smallest absolute Gasteiger partial charge is 0.251 e. The fraction of sp³-hybridized carbons (Fsp3) is 0.611. The predicted molar refractivity (Wildman–Crippen MR) is 107 cm³/mol. The summed E-state index contributed by atoms with van der Waals surface area (Å²) >= 11 is 0. The summed E-state index contributed by atoms with van der Waals surface area (Å²) in [6.45, 7) is 6.43. The number of hydrogen-bond acceptors (Lipinski definition) is 3. The second-order valence-corrected chi connectivity index (χ2v) is 6.29. The van der Waals surface area contributed by atoms with E-state index in [1.807, 2.05) is 24.3 Å². The van der Waals surface area contributed by atoms with Crippen molar-refractivity contribution in [3.63, 3.8) is 0 Å². The summed E-state index contributed by atoms with van der Waals surface area (Å²) in [5.74, 6) is 0.0308. The highest BCUT2D eigenvalue weighted by Crippen LogP contribution is 2.15. The lowest BCUT2D eigenvalue weighted by atomic mass is 9.99. The topological polar surface area (TPSA) is 44.4 Å². The van der Waals surface area contributed by atoms with E-state index >= 15 is 0 Å². The Morgan fingerprint density at radius 1 is 1.29 bits per heavy atom. The van der Waals surface area contributed by atoms with Gasteiger partial charge in [0.2, 0.25) is 0 Å². The monoisotopic (exact) mass is 375 g/mol. The average molecular weight is 376 g/mol. The number of hydrogen-bond donors (Lipinski definition) is 2. The Labute approximate surface area is 158 Å². The van der Waals surface area contributed by atoms with Crippen molar-refractivity contribution in [2.24, 2.45) is 0 Å². The summed E-state index contributed by atoms with van der Waals surface area (Å²) in [4.78, 5) is 14.6. The van der Waals surface area contributed by atoms with E-state index in [9.17, 15) is 4.79 Å². The summed E-state index contributed by atoms with van der Waals surface area (Å²) in [7, 11) is 2.10. The van der Waals surface area contributed by atoms with Gasteiger partial charge >= 0.3 is 0 Å². The van der Waals surface area contributed by atoms with Crippen molar-refractivity contribution in [1.29, 1.82) is 0 Å². The summed E-state index contributed by atoms with van der Waals surface area (Å²) in [6, 6.07) is 8.49. The maximum Gasteiger partial charge on any atom is 0.251 e. The van der Waals surface area contributed by atoms with Crippen LogP contribution in [0.5, 0.6) is 0 Å². The van der Waals surface area contributed by atoms with Crippen LogP contribution in [0.1, 0.15) is 49.9 Å². The fourth-order valence-corrected chi connectivity index (χ4v) is 2.88. The molecule has 2 rings (SSSR count). The molecular weight excluding hydrogens is 345 g/mol. The number of carbonyl (C=O) groups excluding carboxylic acids is 1. The zero-order valence-electron chi connectivity index (χ0n) is 14.9.